The molecule has 0 aliphatic rings. The molecule has 0 spiro atoms. The van der Waals surface area contributed by atoms with Crippen molar-refractivity contribution < 1.29 is 0 Å². The number of aromatic nitrogens is 4. The summed E-state index contributed by atoms with van der Waals surface area (Å²) in [7, 11) is 0. The van der Waals surface area contributed by atoms with Gasteiger partial charge < -0.3 is 5.32 Å². The van der Waals surface area contributed by atoms with Crippen LogP contribution in [0.5, 0.6) is 0 Å². The smallest absolute Gasteiger partial charge is 0.185 e. The first kappa shape index (κ1) is 16.4. The lowest BCUT2D eigenvalue weighted by molar-refractivity contribution is 0.594. The Hall–Kier alpha value is -2.47. The molecule has 124 valence electrons. The molecule has 0 atom stereocenters. The topological polar surface area (TPSA) is 47.7 Å². The average Bonchev–Trinajstić information content (AvgIpc) is 3.02. The number of rotatable bonds is 4. The molecule has 0 radical (unpaired) electrons. The van der Waals surface area contributed by atoms with Crippen molar-refractivity contribution in [1.82, 2.24) is 19.6 Å². The van der Waals surface area contributed by atoms with E-state index in [2.05, 4.69) is 15.5 Å². The molecule has 1 aromatic carbocycles. The first-order chi connectivity index (χ1) is 11.5. The number of nitrogens with zero attached hydrogens (tertiary/aromatic N) is 4. The lowest BCUT2D eigenvalue weighted by Crippen LogP contribution is -2.20. The van der Waals surface area contributed by atoms with Gasteiger partial charge in [-0.1, -0.05) is 18.2 Å². The molecule has 0 bridgehead atoms. The van der Waals surface area contributed by atoms with Gasteiger partial charge in [0.15, 0.2) is 5.82 Å². The molecule has 2 heterocycles. The largest absolute Gasteiger partial charge is 0.347 e. The Morgan fingerprint density at radius 1 is 0.875 bits per heavy atom. The van der Waals surface area contributed by atoms with E-state index in [4.69, 9.17) is 12.6 Å². The second kappa shape index (κ2) is 6.57. The van der Waals surface area contributed by atoms with E-state index in [9.17, 15) is 0 Å². The molecule has 6 heteroatoms. The Balaban J connectivity index is 2.16. The monoisotopic (exact) mass is 339 g/mol. The number of hydrogen-bond donors (Lipinski definition) is 2. The van der Waals surface area contributed by atoms with Crippen LogP contribution in [-0.2, 0) is 0 Å². The number of hydrogen-bond acceptors (Lipinski definition) is 4. The number of anilines is 1. The summed E-state index contributed by atoms with van der Waals surface area (Å²) in [5, 5.41) is 13.2. The molecule has 0 saturated heterocycles. The van der Waals surface area contributed by atoms with Gasteiger partial charge >= 0.3 is 0 Å². The van der Waals surface area contributed by atoms with Gasteiger partial charge in [0.1, 0.15) is 5.03 Å². The van der Waals surface area contributed by atoms with Crippen molar-refractivity contribution in [2.75, 3.05) is 5.32 Å². The summed E-state index contributed by atoms with van der Waals surface area (Å²) < 4.78 is 3.74. The first-order valence-electron chi connectivity index (χ1n) is 7.78. The Labute approximate surface area is 147 Å². The highest BCUT2D eigenvalue weighted by Gasteiger charge is 2.16. The van der Waals surface area contributed by atoms with E-state index in [-0.39, 0.29) is 0 Å². The average molecular weight is 339 g/mol. The third-order valence-electron chi connectivity index (χ3n) is 3.67. The number of benzene rings is 1. The maximum absolute atomic E-state index is 4.72. The quantitative estimate of drug-likeness (QED) is 0.711. The van der Waals surface area contributed by atoms with Crippen molar-refractivity contribution in [3.63, 3.8) is 0 Å². The molecule has 5 nitrogen and oxygen atoms in total. The third-order valence-corrected chi connectivity index (χ3v) is 3.98. The van der Waals surface area contributed by atoms with E-state index in [0.717, 1.165) is 34.3 Å². The van der Waals surface area contributed by atoms with Crippen LogP contribution in [-0.4, -0.2) is 19.6 Å². The van der Waals surface area contributed by atoms with Gasteiger partial charge in [0, 0.05) is 17.1 Å². The molecule has 1 N–H and O–H groups in total. The van der Waals surface area contributed by atoms with Gasteiger partial charge in [-0.05, 0) is 52.0 Å². The van der Waals surface area contributed by atoms with Crippen molar-refractivity contribution in [2.24, 2.45) is 0 Å². The van der Waals surface area contributed by atoms with Crippen molar-refractivity contribution in [3.8, 4) is 0 Å². The number of thiol groups is 1. The van der Waals surface area contributed by atoms with E-state index < -0.39 is 0 Å². The van der Waals surface area contributed by atoms with Crippen LogP contribution in [0, 0.1) is 33.5 Å². The molecule has 3 rings (SSSR count). The third kappa shape index (κ3) is 3.23. The van der Waals surface area contributed by atoms with E-state index in [1.165, 1.54) is 0 Å². The summed E-state index contributed by atoms with van der Waals surface area (Å²) in [6.07, 6.45) is 0. The van der Waals surface area contributed by atoms with E-state index in [1.54, 1.807) is 0 Å². The van der Waals surface area contributed by atoms with Crippen molar-refractivity contribution in [3.05, 3.63) is 76.1 Å². The number of aryl methyl sites for hydroxylation is 4. The standard InChI is InChI=1S/C18H21N5S/c1-12-10-14(3)22(20-12)18(23-15(4)11-13(2)21-23)17(24)19-16-8-6-5-7-9-16/h5-11,19,24H,1-4H3. The fourth-order valence-electron chi connectivity index (χ4n) is 2.69. The molecule has 0 amide bonds. The fourth-order valence-corrected chi connectivity index (χ4v) is 3.01. The molecular formula is C18H21N5S. The summed E-state index contributed by atoms with van der Waals surface area (Å²) in [5.74, 6) is 0.776. The summed E-state index contributed by atoms with van der Waals surface area (Å²) in [6, 6.07) is 14.0. The normalized spacial score (nSPS) is 10.7. The van der Waals surface area contributed by atoms with E-state index in [1.807, 2.05) is 79.5 Å². The summed E-state index contributed by atoms with van der Waals surface area (Å²) >= 11 is 4.72. The van der Waals surface area contributed by atoms with Gasteiger partial charge in [-0.15, -0.1) is 12.6 Å². The molecule has 24 heavy (non-hydrogen) atoms. The second-order valence-corrected chi connectivity index (χ2v) is 6.29. The van der Waals surface area contributed by atoms with E-state index >= 15 is 0 Å². The molecule has 0 aliphatic carbocycles. The Bertz CT molecular complexity index is 841. The van der Waals surface area contributed by atoms with E-state index in [0.29, 0.717) is 5.03 Å². The molecule has 0 unspecified atom stereocenters. The minimum Gasteiger partial charge on any atom is -0.347 e. The number of nitrogens with one attached hydrogen (secondary N) is 1. The molecule has 0 aliphatic heterocycles. The zero-order valence-electron chi connectivity index (χ0n) is 14.3. The van der Waals surface area contributed by atoms with Gasteiger partial charge in [0.05, 0.1) is 11.4 Å². The van der Waals surface area contributed by atoms with Crippen LogP contribution < -0.4 is 5.32 Å². The summed E-state index contributed by atoms with van der Waals surface area (Å²) in [6.45, 7) is 8.00. The molecule has 0 fully saturated rings. The fraction of sp³-hybridized carbons (Fsp3) is 0.222. The lowest BCUT2D eigenvalue weighted by Gasteiger charge is -2.16. The Morgan fingerprint density at radius 3 is 1.79 bits per heavy atom. The highest BCUT2D eigenvalue weighted by atomic mass is 32.1. The maximum atomic E-state index is 4.72. The predicted octanol–water partition coefficient (Wildman–Crippen LogP) is 3.80. The van der Waals surface area contributed by atoms with Gasteiger partial charge in [-0.2, -0.15) is 10.2 Å². The highest BCUT2D eigenvalue weighted by molar-refractivity contribution is 7.84. The summed E-state index contributed by atoms with van der Waals surface area (Å²) in [5.41, 5.74) is 4.91. The van der Waals surface area contributed by atoms with Crippen LogP contribution in [0.25, 0.3) is 0 Å². The predicted molar refractivity (Wildman–Crippen MR) is 100 cm³/mol. The Morgan fingerprint density at radius 2 is 1.38 bits per heavy atom. The van der Waals surface area contributed by atoms with Crippen LogP contribution in [0.4, 0.5) is 5.69 Å². The number of para-hydroxylation sites is 1. The Kier molecular flexibility index (Phi) is 4.49. The molecular weight excluding hydrogens is 318 g/mol. The molecule has 3 aromatic rings. The van der Waals surface area contributed by atoms with Crippen LogP contribution in [0.3, 0.4) is 0 Å². The van der Waals surface area contributed by atoms with Gasteiger partial charge in [-0.3, -0.25) is 0 Å². The molecule has 0 saturated carbocycles. The highest BCUT2D eigenvalue weighted by Crippen LogP contribution is 2.20. The van der Waals surface area contributed by atoms with Gasteiger partial charge in [0.25, 0.3) is 0 Å². The van der Waals surface area contributed by atoms with Crippen molar-refractivity contribution in [1.29, 1.82) is 0 Å². The first-order valence-corrected chi connectivity index (χ1v) is 8.23. The van der Waals surface area contributed by atoms with Crippen molar-refractivity contribution >= 4 is 18.3 Å². The van der Waals surface area contributed by atoms with Gasteiger partial charge in [0.2, 0.25) is 0 Å². The van der Waals surface area contributed by atoms with Crippen molar-refractivity contribution in [2.45, 2.75) is 27.7 Å². The second-order valence-electron chi connectivity index (χ2n) is 5.84. The molecule has 2 aromatic heterocycles. The van der Waals surface area contributed by atoms with Crippen LogP contribution in [0.2, 0.25) is 0 Å². The lowest BCUT2D eigenvalue weighted by atomic mass is 10.3. The maximum Gasteiger partial charge on any atom is 0.185 e. The van der Waals surface area contributed by atoms with Crippen LogP contribution >= 0.6 is 12.6 Å². The van der Waals surface area contributed by atoms with Gasteiger partial charge in [-0.25, -0.2) is 9.36 Å². The SMILES string of the molecule is Cc1cc(C)n(C(=C(S)Nc2ccccc2)n2nc(C)cc2C)n1. The zero-order chi connectivity index (χ0) is 17.3. The minimum absolute atomic E-state index is 0.679. The zero-order valence-corrected chi connectivity index (χ0v) is 15.2. The summed E-state index contributed by atoms with van der Waals surface area (Å²) in [4.78, 5) is 0. The van der Waals surface area contributed by atoms with Crippen LogP contribution in [0.1, 0.15) is 22.8 Å². The minimum atomic E-state index is 0.679. The van der Waals surface area contributed by atoms with Crippen LogP contribution in [0.15, 0.2) is 47.5 Å².